The minimum absolute atomic E-state index is 0.0402. The summed E-state index contributed by atoms with van der Waals surface area (Å²) in [7, 11) is 1.53. The first-order valence-corrected chi connectivity index (χ1v) is 7.07. The van der Waals surface area contributed by atoms with Crippen LogP contribution in [0, 0.1) is 0 Å². The van der Waals surface area contributed by atoms with Gasteiger partial charge in [0.05, 0.1) is 25.9 Å². The van der Waals surface area contributed by atoms with Crippen LogP contribution in [-0.4, -0.2) is 24.7 Å². The zero-order chi connectivity index (χ0) is 15.9. The van der Waals surface area contributed by atoms with E-state index < -0.39 is 0 Å². The smallest absolute Gasteiger partial charge is 0.243 e. The van der Waals surface area contributed by atoms with Gasteiger partial charge in [-0.2, -0.15) is 0 Å². The summed E-state index contributed by atoms with van der Waals surface area (Å²) in [6.07, 6.45) is 0. The molecule has 0 aliphatic carbocycles. The molecule has 0 aliphatic heterocycles. The molecular weight excluding hydrogens is 304 g/mol. The van der Waals surface area contributed by atoms with Crippen molar-refractivity contribution in [3.05, 3.63) is 53.1 Å². The van der Waals surface area contributed by atoms with Crippen molar-refractivity contribution in [3.8, 4) is 5.75 Å². The van der Waals surface area contributed by atoms with E-state index in [4.69, 9.17) is 21.4 Å². The van der Waals surface area contributed by atoms with E-state index in [1.807, 2.05) is 18.2 Å². The Balaban J connectivity index is 1.97. The molecule has 1 amide bonds. The lowest BCUT2D eigenvalue weighted by Gasteiger charge is -2.12. The molecule has 0 atom stereocenters. The predicted molar refractivity (Wildman–Crippen MR) is 87.5 cm³/mol. The van der Waals surface area contributed by atoms with Gasteiger partial charge in [0.15, 0.2) is 0 Å². The molecule has 22 heavy (non-hydrogen) atoms. The molecule has 0 unspecified atom stereocenters. The molecule has 5 nitrogen and oxygen atoms in total. The number of rotatable bonds is 6. The van der Waals surface area contributed by atoms with Crippen molar-refractivity contribution in [3.63, 3.8) is 0 Å². The Labute approximate surface area is 133 Å². The van der Waals surface area contributed by atoms with Gasteiger partial charge in [-0.1, -0.05) is 23.7 Å². The normalized spacial score (nSPS) is 10.1. The number of amides is 1. The largest absolute Gasteiger partial charge is 0.495 e. The number of methoxy groups -OCH3 is 1. The topological polar surface area (TPSA) is 70.6 Å². The fraction of sp³-hybridized carbons (Fsp3) is 0.188. The summed E-state index contributed by atoms with van der Waals surface area (Å²) in [6.45, 7) is 0.0476. The SMILES string of the molecule is COc1ccc(Cl)cc1NC(=O)CNc1cccc(CO)c1. The number of hydrogen-bond acceptors (Lipinski definition) is 4. The van der Waals surface area contributed by atoms with E-state index in [1.54, 1.807) is 24.3 Å². The maximum Gasteiger partial charge on any atom is 0.243 e. The average molecular weight is 321 g/mol. The van der Waals surface area contributed by atoms with Crippen molar-refractivity contribution in [2.45, 2.75) is 6.61 Å². The molecule has 3 N–H and O–H groups in total. The second-order valence-electron chi connectivity index (χ2n) is 4.60. The van der Waals surface area contributed by atoms with Crippen LogP contribution in [0.2, 0.25) is 5.02 Å². The number of ether oxygens (including phenoxy) is 1. The first-order chi connectivity index (χ1) is 10.6. The number of halogens is 1. The van der Waals surface area contributed by atoms with E-state index in [2.05, 4.69) is 10.6 Å². The molecule has 2 rings (SSSR count). The minimum atomic E-state index is -0.227. The van der Waals surface area contributed by atoms with Crippen LogP contribution in [0.5, 0.6) is 5.75 Å². The number of carbonyl (C=O) groups excluding carboxylic acids is 1. The van der Waals surface area contributed by atoms with Crippen LogP contribution in [0.3, 0.4) is 0 Å². The Morgan fingerprint density at radius 1 is 1.27 bits per heavy atom. The van der Waals surface area contributed by atoms with Crippen molar-refractivity contribution in [2.75, 3.05) is 24.3 Å². The maximum absolute atomic E-state index is 12.0. The Bertz CT molecular complexity index is 662. The van der Waals surface area contributed by atoms with Crippen molar-refractivity contribution in [1.29, 1.82) is 0 Å². The highest BCUT2D eigenvalue weighted by Crippen LogP contribution is 2.27. The molecule has 2 aromatic rings. The summed E-state index contributed by atoms with van der Waals surface area (Å²) < 4.78 is 5.17. The average Bonchev–Trinajstić information content (AvgIpc) is 2.53. The number of carbonyl (C=O) groups is 1. The van der Waals surface area contributed by atoms with E-state index in [0.717, 1.165) is 11.3 Å². The Kier molecular flexibility index (Phi) is 5.63. The minimum Gasteiger partial charge on any atom is -0.495 e. The Morgan fingerprint density at radius 3 is 2.82 bits per heavy atom. The molecule has 0 aliphatic rings. The summed E-state index contributed by atoms with van der Waals surface area (Å²) in [4.78, 5) is 12.0. The van der Waals surface area contributed by atoms with Crippen LogP contribution < -0.4 is 15.4 Å². The molecule has 2 aromatic carbocycles. The number of hydrogen-bond donors (Lipinski definition) is 3. The number of aliphatic hydroxyl groups is 1. The van der Waals surface area contributed by atoms with E-state index in [0.29, 0.717) is 16.5 Å². The zero-order valence-electron chi connectivity index (χ0n) is 12.1. The van der Waals surface area contributed by atoms with Crippen molar-refractivity contribution >= 4 is 28.9 Å². The standard InChI is InChI=1S/C16H17ClN2O3/c1-22-15-6-5-12(17)8-14(15)19-16(21)9-18-13-4-2-3-11(7-13)10-20/h2-8,18,20H,9-10H2,1H3,(H,19,21). The second-order valence-corrected chi connectivity index (χ2v) is 5.04. The fourth-order valence-corrected chi connectivity index (χ4v) is 2.11. The molecule has 0 saturated carbocycles. The summed E-state index contributed by atoms with van der Waals surface area (Å²) in [5.41, 5.74) is 2.06. The van der Waals surface area contributed by atoms with Gasteiger partial charge in [-0.15, -0.1) is 0 Å². The molecule has 0 aromatic heterocycles. The van der Waals surface area contributed by atoms with Gasteiger partial charge in [0.25, 0.3) is 0 Å². The van der Waals surface area contributed by atoms with E-state index in [1.165, 1.54) is 7.11 Å². The van der Waals surface area contributed by atoms with E-state index in [-0.39, 0.29) is 19.1 Å². The number of benzene rings is 2. The van der Waals surface area contributed by atoms with Gasteiger partial charge < -0.3 is 20.5 Å². The van der Waals surface area contributed by atoms with Gasteiger partial charge in [0.1, 0.15) is 5.75 Å². The molecule has 116 valence electrons. The third-order valence-electron chi connectivity index (χ3n) is 3.00. The lowest BCUT2D eigenvalue weighted by Crippen LogP contribution is -2.22. The number of aliphatic hydroxyl groups excluding tert-OH is 1. The van der Waals surface area contributed by atoms with Crippen molar-refractivity contribution < 1.29 is 14.6 Å². The Morgan fingerprint density at radius 2 is 2.09 bits per heavy atom. The van der Waals surface area contributed by atoms with Crippen LogP contribution >= 0.6 is 11.6 Å². The van der Waals surface area contributed by atoms with Gasteiger partial charge in [0, 0.05) is 10.7 Å². The lowest BCUT2D eigenvalue weighted by atomic mass is 10.2. The van der Waals surface area contributed by atoms with Gasteiger partial charge in [0.2, 0.25) is 5.91 Å². The van der Waals surface area contributed by atoms with Crippen LogP contribution in [0.4, 0.5) is 11.4 Å². The highest BCUT2D eigenvalue weighted by atomic mass is 35.5. The van der Waals surface area contributed by atoms with Gasteiger partial charge in [-0.25, -0.2) is 0 Å². The molecule has 0 radical (unpaired) electrons. The molecular formula is C16H17ClN2O3. The third-order valence-corrected chi connectivity index (χ3v) is 3.23. The van der Waals surface area contributed by atoms with Gasteiger partial charge >= 0.3 is 0 Å². The monoisotopic (exact) mass is 320 g/mol. The van der Waals surface area contributed by atoms with Crippen molar-refractivity contribution in [1.82, 2.24) is 0 Å². The van der Waals surface area contributed by atoms with Gasteiger partial charge in [-0.05, 0) is 35.9 Å². The fourth-order valence-electron chi connectivity index (χ4n) is 1.93. The van der Waals surface area contributed by atoms with Crippen molar-refractivity contribution in [2.24, 2.45) is 0 Å². The van der Waals surface area contributed by atoms with Crippen LogP contribution in [0.15, 0.2) is 42.5 Å². The molecule has 0 spiro atoms. The highest BCUT2D eigenvalue weighted by molar-refractivity contribution is 6.31. The molecule has 6 heteroatoms. The number of nitrogens with one attached hydrogen (secondary N) is 2. The highest BCUT2D eigenvalue weighted by Gasteiger charge is 2.08. The van der Waals surface area contributed by atoms with E-state index in [9.17, 15) is 4.79 Å². The maximum atomic E-state index is 12.0. The third kappa shape index (κ3) is 4.38. The van der Waals surface area contributed by atoms with Crippen LogP contribution in [0.25, 0.3) is 0 Å². The molecule has 0 fully saturated rings. The zero-order valence-corrected chi connectivity index (χ0v) is 12.9. The predicted octanol–water partition coefficient (Wildman–Crippen LogP) is 2.89. The van der Waals surface area contributed by atoms with Gasteiger partial charge in [-0.3, -0.25) is 4.79 Å². The second kappa shape index (κ2) is 7.68. The first-order valence-electron chi connectivity index (χ1n) is 6.69. The molecule has 0 heterocycles. The first kappa shape index (κ1) is 16.1. The number of anilines is 2. The molecule has 0 bridgehead atoms. The Hall–Kier alpha value is -2.24. The lowest BCUT2D eigenvalue weighted by molar-refractivity contribution is -0.114. The summed E-state index contributed by atoms with van der Waals surface area (Å²) in [5, 5.41) is 15.3. The van der Waals surface area contributed by atoms with E-state index >= 15 is 0 Å². The molecule has 0 saturated heterocycles. The summed E-state index contributed by atoms with van der Waals surface area (Å²) >= 11 is 5.92. The summed E-state index contributed by atoms with van der Waals surface area (Å²) in [5.74, 6) is 0.315. The quantitative estimate of drug-likeness (QED) is 0.765. The summed E-state index contributed by atoms with van der Waals surface area (Å²) in [6, 6.07) is 12.2. The van der Waals surface area contributed by atoms with Crippen LogP contribution in [0.1, 0.15) is 5.56 Å². The van der Waals surface area contributed by atoms with Crippen LogP contribution in [-0.2, 0) is 11.4 Å².